The Morgan fingerprint density at radius 3 is 2.38 bits per heavy atom. The van der Waals surface area contributed by atoms with E-state index in [1.807, 2.05) is 0 Å². The van der Waals surface area contributed by atoms with Gasteiger partial charge in [0.25, 0.3) is 0 Å². The molecule has 1 aromatic rings. The Bertz CT molecular complexity index is 391. The third-order valence-electron chi connectivity index (χ3n) is 5.57. The number of rotatable bonds is 7. The van der Waals surface area contributed by atoms with Crippen LogP contribution in [-0.2, 0) is 0 Å². The third-order valence-corrected chi connectivity index (χ3v) is 5.57. The molecule has 1 aromatic carbocycles. The van der Waals surface area contributed by atoms with Crippen LogP contribution >= 0.6 is 0 Å². The van der Waals surface area contributed by atoms with Crippen molar-refractivity contribution >= 4 is 0 Å². The SMILES string of the molecule is CCC(CC)(CO)CNC1CCCCC1c1ccccc1. The molecule has 118 valence electrons. The summed E-state index contributed by atoms with van der Waals surface area (Å²) in [5.41, 5.74) is 1.52. The molecule has 0 bridgehead atoms. The first kappa shape index (κ1) is 16.5. The molecule has 2 heteroatoms. The fourth-order valence-corrected chi connectivity index (χ4v) is 3.60. The number of hydrogen-bond acceptors (Lipinski definition) is 2. The molecule has 0 amide bonds. The molecular formula is C19H31NO. The molecule has 0 spiro atoms. The van der Waals surface area contributed by atoms with Gasteiger partial charge < -0.3 is 10.4 Å². The summed E-state index contributed by atoms with van der Waals surface area (Å²) < 4.78 is 0. The molecule has 1 fully saturated rings. The van der Waals surface area contributed by atoms with Gasteiger partial charge in [-0.3, -0.25) is 0 Å². The van der Waals surface area contributed by atoms with Crippen molar-refractivity contribution in [1.82, 2.24) is 5.32 Å². The standard InChI is InChI=1S/C19H31NO/c1-3-19(4-2,15-21)14-20-18-13-9-8-12-17(18)16-10-6-5-7-11-16/h5-7,10-11,17-18,20-21H,3-4,8-9,12-15H2,1-2H3. The number of benzene rings is 1. The zero-order valence-corrected chi connectivity index (χ0v) is 13.6. The first-order valence-electron chi connectivity index (χ1n) is 8.64. The van der Waals surface area contributed by atoms with Crippen molar-refractivity contribution in [1.29, 1.82) is 0 Å². The smallest absolute Gasteiger partial charge is 0.0499 e. The minimum atomic E-state index is 0.0543. The Balaban J connectivity index is 2.03. The van der Waals surface area contributed by atoms with Crippen LogP contribution in [0.4, 0.5) is 0 Å². The van der Waals surface area contributed by atoms with Gasteiger partial charge in [0.15, 0.2) is 0 Å². The molecule has 1 saturated carbocycles. The summed E-state index contributed by atoms with van der Waals surface area (Å²) in [6.07, 6.45) is 7.28. The predicted molar refractivity (Wildman–Crippen MR) is 89.5 cm³/mol. The number of aliphatic hydroxyl groups excluding tert-OH is 1. The summed E-state index contributed by atoms with van der Waals surface area (Å²) in [5, 5.41) is 13.6. The molecule has 1 aliphatic rings. The minimum Gasteiger partial charge on any atom is -0.396 e. The van der Waals surface area contributed by atoms with Crippen LogP contribution < -0.4 is 5.32 Å². The molecule has 2 atom stereocenters. The van der Waals surface area contributed by atoms with Gasteiger partial charge in [-0.1, -0.05) is 57.0 Å². The highest BCUT2D eigenvalue weighted by Gasteiger charge is 2.30. The van der Waals surface area contributed by atoms with E-state index in [9.17, 15) is 5.11 Å². The van der Waals surface area contributed by atoms with E-state index in [0.29, 0.717) is 12.0 Å². The predicted octanol–water partition coefficient (Wildman–Crippen LogP) is 4.10. The van der Waals surface area contributed by atoms with Gasteiger partial charge in [0, 0.05) is 24.6 Å². The Morgan fingerprint density at radius 1 is 1.10 bits per heavy atom. The molecule has 21 heavy (non-hydrogen) atoms. The van der Waals surface area contributed by atoms with Crippen LogP contribution in [0.1, 0.15) is 63.9 Å². The molecule has 1 aliphatic carbocycles. The van der Waals surface area contributed by atoms with Gasteiger partial charge in [-0.25, -0.2) is 0 Å². The highest BCUT2D eigenvalue weighted by molar-refractivity contribution is 5.22. The molecule has 0 saturated heterocycles. The van der Waals surface area contributed by atoms with E-state index in [4.69, 9.17) is 0 Å². The van der Waals surface area contributed by atoms with Gasteiger partial charge in [-0.2, -0.15) is 0 Å². The topological polar surface area (TPSA) is 32.3 Å². The van der Waals surface area contributed by atoms with Gasteiger partial charge >= 0.3 is 0 Å². The molecular weight excluding hydrogens is 258 g/mol. The molecule has 2 N–H and O–H groups in total. The number of hydrogen-bond donors (Lipinski definition) is 2. The van der Waals surface area contributed by atoms with Crippen LogP contribution in [0, 0.1) is 5.41 Å². The summed E-state index contributed by atoms with van der Waals surface area (Å²) in [5.74, 6) is 0.630. The molecule has 0 aromatic heterocycles. The second-order valence-corrected chi connectivity index (χ2v) is 6.65. The Labute approximate surface area is 130 Å². The molecule has 2 rings (SSSR count). The Kier molecular flexibility index (Phi) is 6.25. The van der Waals surface area contributed by atoms with Crippen LogP contribution in [0.2, 0.25) is 0 Å². The third kappa shape index (κ3) is 4.08. The van der Waals surface area contributed by atoms with Gasteiger partial charge in [-0.15, -0.1) is 0 Å². The molecule has 0 heterocycles. The van der Waals surface area contributed by atoms with Crippen molar-refractivity contribution in [2.45, 2.75) is 64.3 Å². The normalized spacial score (nSPS) is 23.2. The highest BCUT2D eigenvalue weighted by atomic mass is 16.3. The quantitative estimate of drug-likeness (QED) is 0.792. The summed E-state index contributed by atoms with van der Waals surface area (Å²) in [7, 11) is 0. The van der Waals surface area contributed by atoms with Crippen molar-refractivity contribution in [2.24, 2.45) is 5.41 Å². The minimum absolute atomic E-state index is 0.0543. The molecule has 2 unspecified atom stereocenters. The lowest BCUT2D eigenvalue weighted by molar-refractivity contribution is 0.106. The lowest BCUT2D eigenvalue weighted by atomic mass is 9.78. The van der Waals surface area contributed by atoms with Crippen molar-refractivity contribution < 1.29 is 5.11 Å². The first-order chi connectivity index (χ1) is 10.2. The van der Waals surface area contributed by atoms with E-state index in [0.717, 1.165) is 19.4 Å². The number of aliphatic hydroxyl groups is 1. The fraction of sp³-hybridized carbons (Fsp3) is 0.684. The van der Waals surface area contributed by atoms with Crippen LogP contribution in [0.3, 0.4) is 0 Å². The van der Waals surface area contributed by atoms with Crippen LogP contribution in [0.15, 0.2) is 30.3 Å². The second kappa shape index (κ2) is 7.95. The molecule has 0 radical (unpaired) electrons. The Morgan fingerprint density at radius 2 is 1.76 bits per heavy atom. The average molecular weight is 289 g/mol. The first-order valence-corrected chi connectivity index (χ1v) is 8.64. The maximum Gasteiger partial charge on any atom is 0.0499 e. The van der Waals surface area contributed by atoms with E-state index in [1.54, 1.807) is 0 Å². The van der Waals surface area contributed by atoms with Crippen molar-refractivity contribution in [3.63, 3.8) is 0 Å². The zero-order chi connectivity index (χ0) is 15.1. The van der Waals surface area contributed by atoms with Crippen molar-refractivity contribution in [3.8, 4) is 0 Å². The maximum absolute atomic E-state index is 9.75. The number of nitrogens with one attached hydrogen (secondary N) is 1. The maximum atomic E-state index is 9.75. The van der Waals surface area contributed by atoms with E-state index in [1.165, 1.54) is 31.2 Å². The average Bonchev–Trinajstić information content (AvgIpc) is 2.58. The fourth-order valence-electron chi connectivity index (χ4n) is 3.60. The summed E-state index contributed by atoms with van der Waals surface area (Å²) in [6.45, 7) is 5.61. The van der Waals surface area contributed by atoms with Gasteiger partial charge in [0.05, 0.1) is 0 Å². The largest absolute Gasteiger partial charge is 0.396 e. The summed E-state index contributed by atoms with van der Waals surface area (Å²) >= 11 is 0. The van der Waals surface area contributed by atoms with E-state index in [2.05, 4.69) is 49.5 Å². The molecule has 2 nitrogen and oxygen atoms in total. The summed E-state index contributed by atoms with van der Waals surface area (Å²) in [6, 6.07) is 11.5. The monoisotopic (exact) mass is 289 g/mol. The lowest BCUT2D eigenvalue weighted by Gasteiger charge is -2.37. The highest BCUT2D eigenvalue weighted by Crippen LogP contribution is 2.34. The van der Waals surface area contributed by atoms with Crippen LogP contribution in [-0.4, -0.2) is 24.3 Å². The van der Waals surface area contributed by atoms with E-state index in [-0.39, 0.29) is 12.0 Å². The van der Waals surface area contributed by atoms with Crippen molar-refractivity contribution in [3.05, 3.63) is 35.9 Å². The van der Waals surface area contributed by atoms with E-state index >= 15 is 0 Å². The van der Waals surface area contributed by atoms with Gasteiger partial charge in [0.2, 0.25) is 0 Å². The second-order valence-electron chi connectivity index (χ2n) is 6.65. The summed E-state index contributed by atoms with van der Waals surface area (Å²) in [4.78, 5) is 0. The van der Waals surface area contributed by atoms with Crippen LogP contribution in [0.5, 0.6) is 0 Å². The molecule has 0 aliphatic heterocycles. The Hall–Kier alpha value is -0.860. The van der Waals surface area contributed by atoms with Crippen LogP contribution in [0.25, 0.3) is 0 Å². The van der Waals surface area contributed by atoms with Gasteiger partial charge in [0.1, 0.15) is 0 Å². The van der Waals surface area contributed by atoms with Crippen molar-refractivity contribution in [2.75, 3.05) is 13.2 Å². The zero-order valence-electron chi connectivity index (χ0n) is 13.6. The lowest BCUT2D eigenvalue weighted by Crippen LogP contribution is -2.44. The van der Waals surface area contributed by atoms with Gasteiger partial charge in [-0.05, 0) is 37.2 Å². The van der Waals surface area contributed by atoms with E-state index < -0.39 is 0 Å².